The Bertz CT molecular complexity index is 765. The standard InChI is InChI=1S/C19H23N3O3S2/c1-14-9-21(17-5-3-15(4-6-17)19(24)25-2)7-8-22(14)18(23)12-26-10-16-11-27-13-20-16/h3-6,11,13-14H,7-10,12H2,1-2H3. The first-order valence-electron chi connectivity index (χ1n) is 8.76. The number of hydrogen-bond acceptors (Lipinski definition) is 7. The molecule has 0 aliphatic carbocycles. The Kier molecular flexibility index (Phi) is 6.73. The van der Waals surface area contributed by atoms with Crippen molar-refractivity contribution in [3.05, 3.63) is 46.4 Å². The number of hydrogen-bond donors (Lipinski definition) is 0. The van der Waals surface area contributed by atoms with Gasteiger partial charge in [0.05, 0.1) is 29.6 Å². The van der Waals surface area contributed by atoms with E-state index in [-0.39, 0.29) is 17.9 Å². The summed E-state index contributed by atoms with van der Waals surface area (Å²) in [5.41, 5.74) is 4.45. The summed E-state index contributed by atoms with van der Waals surface area (Å²) in [6.07, 6.45) is 0. The Balaban J connectivity index is 1.50. The number of methoxy groups -OCH3 is 1. The second-order valence-electron chi connectivity index (χ2n) is 6.39. The normalized spacial score (nSPS) is 17.0. The van der Waals surface area contributed by atoms with Crippen molar-refractivity contribution in [1.82, 2.24) is 9.88 Å². The SMILES string of the molecule is COC(=O)c1ccc(N2CCN(C(=O)CSCc3cscn3)C(C)C2)cc1. The number of aromatic nitrogens is 1. The number of carbonyl (C=O) groups excluding carboxylic acids is 2. The summed E-state index contributed by atoms with van der Waals surface area (Å²) in [6.45, 7) is 4.35. The van der Waals surface area contributed by atoms with Gasteiger partial charge in [0.2, 0.25) is 5.91 Å². The van der Waals surface area contributed by atoms with E-state index in [0.717, 1.165) is 30.2 Å². The summed E-state index contributed by atoms with van der Waals surface area (Å²) < 4.78 is 4.73. The van der Waals surface area contributed by atoms with E-state index in [2.05, 4.69) is 16.8 Å². The van der Waals surface area contributed by atoms with E-state index in [0.29, 0.717) is 17.9 Å². The number of thiazole rings is 1. The summed E-state index contributed by atoms with van der Waals surface area (Å²) in [5, 5.41) is 2.02. The van der Waals surface area contributed by atoms with E-state index < -0.39 is 0 Å². The molecule has 27 heavy (non-hydrogen) atoms. The maximum absolute atomic E-state index is 12.6. The Morgan fingerprint density at radius 1 is 1.30 bits per heavy atom. The van der Waals surface area contributed by atoms with E-state index in [4.69, 9.17) is 4.74 Å². The quantitative estimate of drug-likeness (QED) is 0.689. The second kappa shape index (κ2) is 9.23. The van der Waals surface area contributed by atoms with Crippen LogP contribution in [0.3, 0.4) is 0 Å². The van der Waals surface area contributed by atoms with Gasteiger partial charge in [0.1, 0.15) is 0 Å². The topological polar surface area (TPSA) is 62.7 Å². The summed E-state index contributed by atoms with van der Waals surface area (Å²) in [7, 11) is 1.38. The van der Waals surface area contributed by atoms with Gasteiger partial charge in [-0.1, -0.05) is 0 Å². The third kappa shape index (κ3) is 5.01. The molecule has 2 aromatic rings. The van der Waals surface area contributed by atoms with Crippen LogP contribution >= 0.6 is 23.1 Å². The lowest BCUT2D eigenvalue weighted by molar-refractivity contribution is -0.130. The number of rotatable bonds is 6. The zero-order valence-corrected chi connectivity index (χ0v) is 17.1. The van der Waals surface area contributed by atoms with Gasteiger partial charge in [-0.05, 0) is 31.2 Å². The minimum Gasteiger partial charge on any atom is -0.465 e. The molecule has 1 amide bonds. The molecule has 1 aliphatic rings. The molecule has 1 aliphatic heterocycles. The highest BCUT2D eigenvalue weighted by atomic mass is 32.2. The second-order valence-corrected chi connectivity index (χ2v) is 8.10. The molecule has 1 aromatic carbocycles. The first-order valence-corrected chi connectivity index (χ1v) is 10.9. The summed E-state index contributed by atoms with van der Waals surface area (Å²) >= 11 is 3.19. The molecule has 144 valence electrons. The molecule has 2 heterocycles. The molecule has 0 bridgehead atoms. The van der Waals surface area contributed by atoms with Gasteiger partial charge >= 0.3 is 5.97 Å². The van der Waals surface area contributed by atoms with Crippen LogP contribution in [0.2, 0.25) is 0 Å². The van der Waals surface area contributed by atoms with Crippen LogP contribution < -0.4 is 4.90 Å². The highest BCUT2D eigenvalue weighted by molar-refractivity contribution is 7.99. The number of anilines is 1. The van der Waals surface area contributed by atoms with Crippen molar-refractivity contribution >= 4 is 40.7 Å². The highest BCUT2D eigenvalue weighted by Gasteiger charge is 2.27. The Labute approximate surface area is 167 Å². The number of amides is 1. The van der Waals surface area contributed by atoms with Crippen molar-refractivity contribution < 1.29 is 14.3 Å². The maximum Gasteiger partial charge on any atom is 0.337 e. The average Bonchev–Trinajstić information content (AvgIpc) is 3.20. The van der Waals surface area contributed by atoms with Gasteiger partial charge in [-0.3, -0.25) is 4.79 Å². The van der Waals surface area contributed by atoms with Gasteiger partial charge in [0.15, 0.2) is 0 Å². The Morgan fingerprint density at radius 2 is 2.07 bits per heavy atom. The number of esters is 1. The van der Waals surface area contributed by atoms with E-state index in [9.17, 15) is 9.59 Å². The van der Waals surface area contributed by atoms with Crippen molar-refractivity contribution in [1.29, 1.82) is 0 Å². The van der Waals surface area contributed by atoms with Crippen LogP contribution in [0.5, 0.6) is 0 Å². The molecule has 6 nitrogen and oxygen atoms in total. The molecule has 0 N–H and O–H groups in total. The number of carbonyl (C=O) groups is 2. The molecule has 1 aromatic heterocycles. The van der Waals surface area contributed by atoms with E-state index in [1.54, 1.807) is 35.2 Å². The largest absolute Gasteiger partial charge is 0.465 e. The summed E-state index contributed by atoms with van der Waals surface area (Å²) in [4.78, 5) is 32.6. The molecule has 0 spiro atoms. The number of thioether (sulfide) groups is 1. The monoisotopic (exact) mass is 405 g/mol. The lowest BCUT2D eigenvalue weighted by Gasteiger charge is -2.41. The Morgan fingerprint density at radius 3 is 2.70 bits per heavy atom. The van der Waals surface area contributed by atoms with Crippen molar-refractivity contribution in [3.63, 3.8) is 0 Å². The van der Waals surface area contributed by atoms with Crippen molar-refractivity contribution in [2.24, 2.45) is 0 Å². The van der Waals surface area contributed by atoms with Crippen LogP contribution in [0.1, 0.15) is 23.0 Å². The third-order valence-corrected chi connectivity index (χ3v) is 6.15. The lowest BCUT2D eigenvalue weighted by Crippen LogP contribution is -2.54. The van der Waals surface area contributed by atoms with Gasteiger partial charge in [0.25, 0.3) is 0 Å². The predicted molar refractivity (Wildman–Crippen MR) is 109 cm³/mol. The van der Waals surface area contributed by atoms with Crippen LogP contribution in [0, 0.1) is 0 Å². The molecule has 1 atom stereocenters. The minimum absolute atomic E-state index is 0.145. The van der Waals surface area contributed by atoms with E-state index in [1.165, 1.54) is 7.11 Å². The van der Waals surface area contributed by atoms with E-state index >= 15 is 0 Å². The van der Waals surface area contributed by atoms with Crippen LogP contribution in [-0.4, -0.2) is 60.3 Å². The number of ether oxygens (including phenoxy) is 1. The molecular weight excluding hydrogens is 382 g/mol. The summed E-state index contributed by atoms with van der Waals surface area (Å²) in [6, 6.07) is 7.56. The van der Waals surface area contributed by atoms with Crippen LogP contribution in [0.15, 0.2) is 35.2 Å². The maximum atomic E-state index is 12.6. The fourth-order valence-corrected chi connectivity index (χ4v) is 4.60. The zero-order valence-electron chi connectivity index (χ0n) is 15.5. The van der Waals surface area contributed by atoms with Gasteiger partial charge < -0.3 is 14.5 Å². The molecule has 1 fully saturated rings. The first-order chi connectivity index (χ1) is 13.1. The fraction of sp³-hybridized carbons (Fsp3) is 0.421. The van der Waals surface area contributed by atoms with Gasteiger partial charge in [-0.25, -0.2) is 9.78 Å². The highest BCUT2D eigenvalue weighted by Crippen LogP contribution is 2.21. The molecule has 1 saturated heterocycles. The molecule has 0 radical (unpaired) electrons. The predicted octanol–water partition coefficient (Wildman–Crippen LogP) is 2.90. The molecule has 3 rings (SSSR count). The summed E-state index contributed by atoms with van der Waals surface area (Å²) in [5.74, 6) is 1.11. The van der Waals surface area contributed by atoms with Crippen molar-refractivity contribution in [2.45, 2.75) is 18.7 Å². The van der Waals surface area contributed by atoms with Crippen LogP contribution in [0.4, 0.5) is 5.69 Å². The minimum atomic E-state index is -0.333. The fourth-order valence-electron chi connectivity index (χ4n) is 3.12. The van der Waals surface area contributed by atoms with Gasteiger partial charge in [-0.15, -0.1) is 23.1 Å². The first kappa shape index (κ1) is 19.7. The number of piperazine rings is 1. The average molecular weight is 406 g/mol. The number of benzene rings is 1. The van der Waals surface area contributed by atoms with Gasteiger partial charge in [-0.2, -0.15) is 0 Å². The van der Waals surface area contributed by atoms with Gasteiger partial charge in [0, 0.05) is 42.5 Å². The van der Waals surface area contributed by atoms with Crippen LogP contribution in [0.25, 0.3) is 0 Å². The third-order valence-electron chi connectivity index (χ3n) is 4.56. The van der Waals surface area contributed by atoms with Crippen molar-refractivity contribution in [2.75, 3.05) is 37.4 Å². The Hall–Kier alpha value is -2.06. The molecule has 0 saturated carbocycles. The molecule has 1 unspecified atom stereocenters. The number of nitrogens with zero attached hydrogens (tertiary/aromatic N) is 3. The lowest BCUT2D eigenvalue weighted by atomic mass is 10.1. The zero-order chi connectivity index (χ0) is 19.2. The smallest absolute Gasteiger partial charge is 0.337 e. The molecular formula is C19H23N3O3S2. The van der Waals surface area contributed by atoms with Crippen molar-refractivity contribution in [3.8, 4) is 0 Å². The van der Waals surface area contributed by atoms with E-state index in [1.807, 2.05) is 27.9 Å². The van der Waals surface area contributed by atoms with Crippen LogP contribution in [-0.2, 0) is 15.3 Å². The molecule has 8 heteroatoms.